The normalized spacial score (nSPS) is 19.9. The molecule has 2 atom stereocenters. The zero-order valence-corrected chi connectivity index (χ0v) is 9.26. The van der Waals surface area contributed by atoms with Crippen LogP contribution in [-0.2, 0) is 14.4 Å². The minimum atomic E-state index is -1.04. The number of nitrogens with zero attached hydrogens (tertiary/aromatic N) is 1. The van der Waals surface area contributed by atoms with Gasteiger partial charge in [-0.05, 0) is 25.5 Å². The molecule has 0 aromatic heterocycles. The molecule has 0 aromatic rings. The van der Waals surface area contributed by atoms with Gasteiger partial charge in [-0.15, -0.1) is 0 Å². The lowest BCUT2D eigenvalue weighted by atomic mass is 10.1. The van der Waals surface area contributed by atoms with Crippen LogP contribution < -0.4 is 11.1 Å². The van der Waals surface area contributed by atoms with Gasteiger partial charge in [-0.25, -0.2) is 0 Å². The zero-order valence-electron chi connectivity index (χ0n) is 9.26. The first kappa shape index (κ1) is 13.1. The van der Waals surface area contributed by atoms with Crippen LogP contribution in [0.1, 0.15) is 25.7 Å². The molecule has 2 unspecified atom stereocenters. The number of rotatable bonds is 6. The van der Waals surface area contributed by atoms with Crippen LogP contribution >= 0.6 is 0 Å². The van der Waals surface area contributed by atoms with Gasteiger partial charge in [0.2, 0.25) is 11.8 Å². The average Bonchev–Trinajstić information content (AvgIpc) is 2.76. The summed E-state index contributed by atoms with van der Waals surface area (Å²) in [5, 5.41) is 10.9. The molecule has 1 aliphatic heterocycles. The molecule has 0 bridgehead atoms. The third-order valence-corrected chi connectivity index (χ3v) is 2.46. The highest BCUT2D eigenvalue weighted by atomic mass is 16.4. The molecule has 4 N–H and O–H groups in total. The summed E-state index contributed by atoms with van der Waals surface area (Å²) in [5.41, 5.74) is 5.08. The number of carbonyl (C=O) groups excluding carboxylic acids is 2. The molecule has 0 saturated carbocycles. The van der Waals surface area contributed by atoms with Crippen LogP contribution in [0, 0.1) is 0 Å². The van der Waals surface area contributed by atoms with Crippen molar-refractivity contribution in [3.05, 3.63) is 0 Å². The summed E-state index contributed by atoms with van der Waals surface area (Å²) in [7, 11) is 0. The number of carboxylic acids is 1. The first-order chi connectivity index (χ1) is 8.00. The van der Waals surface area contributed by atoms with E-state index in [4.69, 9.17) is 10.8 Å². The molecule has 0 saturated heterocycles. The number of primary amides is 1. The molecular formula is C10H15N3O4. The number of hydrogen-bond donors (Lipinski definition) is 3. The van der Waals surface area contributed by atoms with Gasteiger partial charge in [0.25, 0.3) is 0 Å². The molecule has 1 rings (SSSR count). The van der Waals surface area contributed by atoms with E-state index in [2.05, 4.69) is 10.3 Å². The summed E-state index contributed by atoms with van der Waals surface area (Å²) in [6.45, 7) is 0. The second-order valence-corrected chi connectivity index (χ2v) is 3.82. The van der Waals surface area contributed by atoms with Crippen LogP contribution in [0.3, 0.4) is 0 Å². The highest BCUT2D eigenvalue weighted by molar-refractivity contribution is 5.90. The van der Waals surface area contributed by atoms with Crippen molar-refractivity contribution in [1.29, 1.82) is 0 Å². The van der Waals surface area contributed by atoms with Crippen LogP contribution in [0.5, 0.6) is 0 Å². The Kier molecular flexibility index (Phi) is 4.62. The van der Waals surface area contributed by atoms with Crippen molar-refractivity contribution in [3.8, 4) is 0 Å². The summed E-state index contributed by atoms with van der Waals surface area (Å²) in [5.74, 6) is -2.15. The van der Waals surface area contributed by atoms with Gasteiger partial charge in [0, 0.05) is 6.42 Å². The van der Waals surface area contributed by atoms with Gasteiger partial charge < -0.3 is 16.2 Å². The number of aliphatic imine (C=N–C) groups is 1. The van der Waals surface area contributed by atoms with E-state index >= 15 is 0 Å². The van der Waals surface area contributed by atoms with Gasteiger partial charge in [-0.2, -0.15) is 0 Å². The quantitative estimate of drug-likeness (QED) is 0.555. The molecular weight excluding hydrogens is 226 g/mol. The summed E-state index contributed by atoms with van der Waals surface area (Å²) in [6.07, 6.45) is 2.76. The van der Waals surface area contributed by atoms with Crippen molar-refractivity contribution in [3.63, 3.8) is 0 Å². The number of aliphatic carboxylic acids is 1. The molecule has 7 heteroatoms. The Morgan fingerprint density at radius 1 is 1.53 bits per heavy atom. The van der Waals surface area contributed by atoms with Gasteiger partial charge in [-0.1, -0.05) is 0 Å². The molecule has 7 nitrogen and oxygen atoms in total. The third kappa shape index (κ3) is 4.21. The first-order valence-corrected chi connectivity index (χ1v) is 5.34. The Bertz CT molecular complexity index is 353. The van der Waals surface area contributed by atoms with Crippen LogP contribution in [-0.4, -0.2) is 41.2 Å². The molecule has 0 aromatic carbocycles. The number of hydrogen-bond acceptors (Lipinski definition) is 4. The van der Waals surface area contributed by atoms with Crippen LogP contribution in [0.25, 0.3) is 0 Å². The third-order valence-electron chi connectivity index (χ3n) is 2.46. The van der Waals surface area contributed by atoms with Gasteiger partial charge in [-0.3, -0.25) is 19.4 Å². The Balaban J connectivity index is 2.48. The van der Waals surface area contributed by atoms with Crippen LogP contribution in [0.15, 0.2) is 4.99 Å². The van der Waals surface area contributed by atoms with Gasteiger partial charge in [0.1, 0.15) is 12.1 Å². The van der Waals surface area contributed by atoms with Crippen molar-refractivity contribution in [2.45, 2.75) is 37.8 Å². The Morgan fingerprint density at radius 3 is 2.71 bits per heavy atom. The van der Waals surface area contributed by atoms with E-state index in [1.54, 1.807) is 6.21 Å². The van der Waals surface area contributed by atoms with Gasteiger partial charge in [0.15, 0.2) is 0 Å². The van der Waals surface area contributed by atoms with E-state index < -0.39 is 24.0 Å². The van der Waals surface area contributed by atoms with Crippen molar-refractivity contribution in [2.24, 2.45) is 10.7 Å². The van der Waals surface area contributed by atoms with Crippen LogP contribution in [0.4, 0.5) is 0 Å². The predicted molar refractivity (Wildman–Crippen MR) is 59.5 cm³/mol. The molecule has 17 heavy (non-hydrogen) atoms. The molecule has 0 radical (unpaired) electrons. The first-order valence-electron chi connectivity index (χ1n) is 5.34. The predicted octanol–water partition coefficient (Wildman–Crippen LogP) is -0.945. The van der Waals surface area contributed by atoms with Crippen molar-refractivity contribution < 1.29 is 19.5 Å². The number of carboxylic acid groups (broad SMARTS) is 1. The maximum Gasteiger partial charge on any atom is 0.303 e. The van der Waals surface area contributed by atoms with Crippen LogP contribution in [0.2, 0.25) is 0 Å². The second-order valence-electron chi connectivity index (χ2n) is 3.82. The second kappa shape index (κ2) is 5.97. The molecule has 1 aliphatic rings. The van der Waals surface area contributed by atoms with E-state index in [0.29, 0.717) is 6.42 Å². The monoisotopic (exact) mass is 241 g/mol. The molecule has 1 heterocycles. The Labute approximate surface area is 98.1 Å². The highest BCUT2D eigenvalue weighted by Crippen LogP contribution is 2.09. The Morgan fingerprint density at radius 2 is 2.24 bits per heavy atom. The van der Waals surface area contributed by atoms with Gasteiger partial charge >= 0.3 is 5.97 Å². The van der Waals surface area contributed by atoms with E-state index in [0.717, 1.165) is 6.42 Å². The maximum absolute atomic E-state index is 11.6. The average molecular weight is 241 g/mol. The fourth-order valence-electron chi connectivity index (χ4n) is 1.53. The van der Waals surface area contributed by atoms with Crippen molar-refractivity contribution >= 4 is 24.0 Å². The van der Waals surface area contributed by atoms with Crippen molar-refractivity contribution in [1.82, 2.24) is 5.32 Å². The van der Waals surface area contributed by atoms with Gasteiger partial charge in [0.05, 0.1) is 0 Å². The van der Waals surface area contributed by atoms with E-state index in [-0.39, 0.29) is 18.7 Å². The molecule has 94 valence electrons. The summed E-state index contributed by atoms with van der Waals surface area (Å²) in [4.78, 5) is 37.0. The van der Waals surface area contributed by atoms with E-state index in [1.807, 2.05) is 0 Å². The lowest BCUT2D eigenvalue weighted by Gasteiger charge is -2.16. The summed E-state index contributed by atoms with van der Waals surface area (Å²) < 4.78 is 0. The lowest BCUT2D eigenvalue weighted by molar-refractivity contribution is -0.137. The van der Waals surface area contributed by atoms with E-state index in [1.165, 1.54) is 0 Å². The fraction of sp³-hybridized carbons (Fsp3) is 0.600. The fourth-order valence-corrected chi connectivity index (χ4v) is 1.53. The summed E-state index contributed by atoms with van der Waals surface area (Å²) in [6, 6.07) is -1.43. The topological polar surface area (TPSA) is 122 Å². The largest absolute Gasteiger partial charge is 0.481 e. The number of amides is 2. The van der Waals surface area contributed by atoms with Crippen molar-refractivity contribution in [2.75, 3.05) is 0 Å². The SMILES string of the molecule is NC(=O)C(CCC(=O)O)NC(=O)C1CCC=N1. The molecule has 2 amide bonds. The minimum absolute atomic E-state index is 0.00710. The maximum atomic E-state index is 11.6. The zero-order chi connectivity index (χ0) is 12.8. The standard InChI is InChI=1S/C10H15N3O4/c11-9(16)6(3-4-8(14)15)13-10(17)7-2-1-5-12-7/h5-7H,1-4H2,(H2,11,16)(H,13,17)(H,14,15). The smallest absolute Gasteiger partial charge is 0.303 e. The Hall–Kier alpha value is -1.92. The molecule has 0 aliphatic carbocycles. The summed E-state index contributed by atoms with van der Waals surface area (Å²) >= 11 is 0. The number of carbonyl (C=O) groups is 3. The lowest BCUT2D eigenvalue weighted by Crippen LogP contribution is -2.47. The number of nitrogens with one attached hydrogen (secondary N) is 1. The molecule has 0 spiro atoms. The minimum Gasteiger partial charge on any atom is -0.481 e. The number of nitrogens with two attached hydrogens (primary N) is 1. The highest BCUT2D eigenvalue weighted by Gasteiger charge is 2.25. The van der Waals surface area contributed by atoms with E-state index in [9.17, 15) is 14.4 Å². The molecule has 0 fully saturated rings.